The molecule has 1 N–H and O–H groups in total. The highest BCUT2D eigenvalue weighted by Gasteiger charge is 2.10. The SMILES string of the molecule is CC(C)COC(=O)C(=C=N)C#N. The van der Waals surface area contributed by atoms with E-state index >= 15 is 0 Å². The molecule has 0 fully saturated rings. The highest BCUT2D eigenvalue weighted by atomic mass is 16.5. The molecule has 4 nitrogen and oxygen atoms in total. The van der Waals surface area contributed by atoms with Crippen molar-refractivity contribution < 1.29 is 9.53 Å². The third-order valence-electron chi connectivity index (χ3n) is 0.989. The van der Waals surface area contributed by atoms with E-state index in [1.165, 1.54) is 6.07 Å². The Morgan fingerprint density at radius 3 is 2.58 bits per heavy atom. The molecule has 0 saturated heterocycles. The average Bonchev–Trinajstić information content (AvgIpc) is 2.03. The Hall–Kier alpha value is -1.59. The van der Waals surface area contributed by atoms with Gasteiger partial charge in [-0.25, -0.2) is 4.79 Å². The Labute approximate surface area is 71.0 Å². The Balaban J connectivity index is 4.07. The fourth-order valence-electron chi connectivity index (χ4n) is 0.439. The van der Waals surface area contributed by atoms with Crippen molar-refractivity contribution in [2.75, 3.05) is 6.61 Å². The van der Waals surface area contributed by atoms with Crippen LogP contribution < -0.4 is 0 Å². The number of rotatable bonds is 3. The van der Waals surface area contributed by atoms with Crippen LogP contribution in [0.2, 0.25) is 0 Å². The molecule has 0 heterocycles. The summed E-state index contributed by atoms with van der Waals surface area (Å²) in [5.41, 5.74) is -0.393. The molecule has 0 amide bonds. The van der Waals surface area contributed by atoms with Crippen LogP contribution in [0.1, 0.15) is 13.8 Å². The molecule has 4 heteroatoms. The summed E-state index contributed by atoms with van der Waals surface area (Å²) in [7, 11) is 0. The van der Waals surface area contributed by atoms with E-state index in [0.29, 0.717) is 0 Å². The Bertz CT molecular complexity index is 257. The van der Waals surface area contributed by atoms with Crippen LogP contribution in [0, 0.1) is 22.7 Å². The molecular weight excluding hydrogens is 156 g/mol. The molecule has 64 valence electrons. The van der Waals surface area contributed by atoms with Gasteiger partial charge in [0, 0.05) is 5.87 Å². The minimum absolute atomic E-state index is 0.222. The number of nitrogens with one attached hydrogen (secondary N) is 1. The summed E-state index contributed by atoms with van der Waals surface area (Å²) >= 11 is 0. The van der Waals surface area contributed by atoms with E-state index in [1.807, 2.05) is 13.8 Å². The van der Waals surface area contributed by atoms with Crippen LogP contribution in [-0.4, -0.2) is 18.4 Å². The van der Waals surface area contributed by atoms with Crippen molar-refractivity contribution in [3.8, 4) is 6.07 Å². The summed E-state index contributed by atoms with van der Waals surface area (Å²) in [5, 5.41) is 14.9. The van der Waals surface area contributed by atoms with E-state index in [0.717, 1.165) is 0 Å². The Morgan fingerprint density at radius 2 is 2.25 bits per heavy atom. The average molecular weight is 166 g/mol. The number of ether oxygens (including phenoxy) is 1. The van der Waals surface area contributed by atoms with Gasteiger partial charge in [-0.05, 0) is 5.92 Å². The van der Waals surface area contributed by atoms with Gasteiger partial charge in [0.2, 0.25) is 0 Å². The molecule has 0 aromatic rings. The molecule has 0 bridgehead atoms. The van der Waals surface area contributed by atoms with E-state index in [2.05, 4.69) is 4.74 Å². The quantitative estimate of drug-likeness (QED) is 0.293. The third kappa shape index (κ3) is 3.55. The summed E-state index contributed by atoms with van der Waals surface area (Å²) in [6.45, 7) is 4.02. The summed E-state index contributed by atoms with van der Waals surface area (Å²) < 4.78 is 4.67. The van der Waals surface area contributed by atoms with E-state index in [-0.39, 0.29) is 12.5 Å². The van der Waals surface area contributed by atoms with Crippen LogP contribution in [0.25, 0.3) is 0 Å². The lowest BCUT2D eigenvalue weighted by Crippen LogP contribution is -2.11. The molecule has 0 aromatic heterocycles. The molecule has 12 heavy (non-hydrogen) atoms. The lowest BCUT2D eigenvalue weighted by molar-refractivity contribution is -0.139. The third-order valence-corrected chi connectivity index (χ3v) is 0.989. The first-order valence-electron chi connectivity index (χ1n) is 3.48. The van der Waals surface area contributed by atoms with Gasteiger partial charge in [-0.1, -0.05) is 13.8 Å². The van der Waals surface area contributed by atoms with E-state index < -0.39 is 11.5 Å². The maximum Gasteiger partial charge on any atom is 0.358 e. The largest absolute Gasteiger partial charge is 0.461 e. The number of nitrogens with zero attached hydrogens (tertiary/aromatic N) is 1. The predicted molar refractivity (Wildman–Crippen MR) is 42.6 cm³/mol. The lowest BCUT2D eigenvalue weighted by Gasteiger charge is -2.04. The predicted octanol–water partition coefficient (Wildman–Crippen LogP) is 0.884. The van der Waals surface area contributed by atoms with Crippen molar-refractivity contribution in [1.82, 2.24) is 0 Å². The second-order valence-electron chi connectivity index (χ2n) is 2.60. The second kappa shape index (κ2) is 5.11. The number of carbonyl (C=O) groups is 1. The van der Waals surface area contributed by atoms with Crippen LogP contribution in [-0.2, 0) is 9.53 Å². The highest BCUT2D eigenvalue weighted by Crippen LogP contribution is 1.96. The molecule has 0 aromatic carbocycles. The minimum atomic E-state index is -0.777. The van der Waals surface area contributed by atoms with E-state index in [1.54, 1.807) is 5.87 Å². The molecule has 0 spiro atoms. The summed E-state index contributed by atoms with van der Waals surface area (Å²) in [6, 6.07) is 1.52. The molecule has 0 aliphatic heterocycles. The molecule has 0 atom stereocenters. The van der Waals surface area contributed by atoms with Gasteiger partial charge in [-0.3, -0.25) is 5.41 Å². The number of hydrogen-bond acceptors (Lipinski definition) is 4. The zero-order valence-corrected chi connectivity index (χ0v) is 7.05. The Kier molecular flexibility index (Phi) is 4.43. The lowest BCUT2D eigenvalue weighted by atomic mass is 10.2. The second-order valence-corrected chi connectivity index (χ2v) is 2.60. The first kappa shape index (κ1) is 10.4. The normalized spacial score (nSPS) is 8.50. The van der Waals surface area contributed by atoms with Crippen molar-refractivity contribution in [3.05, 3.63) is 5.57 Å². The first-order chi connectivity index (χ1) is 5.61. The molecule has 0 unspecified atom stereocenters. The van der Waals surface area contributed by atoms with Gasteiger partial charge in [-0.15, -0.1) is 0 Å². The van der Waals surface area contributed by atoms with Crippen molar-refractivity contribution in [3.63, 3.8) is 0 Å². The van der Waals surface area contributed by atoms with E-state index in [9.17, 15) is 4.79 Å². The summed E-state index contributed by atoms with van der Waals surface area (Å²) in [4.78, 5) is 10.8. The van der Waals surface area contributed by atoms with Gasteiger partial charge >= 0.3 is 5.97 Å². The van der Waals surface area contributed by atoms with Gasteiger partial charge in [0.25, 0.3) is 0 Å². The van der Waals surface area contributed by atoms with Crippen molar-refractivity contribution >= 4 is 11.8 Å². The first-order valence-corrected chi connectivity index (χ1v) is 3.48. The molecule has 0 radical (unpaired) electrons. The summed E-state index contributed by atoms with van der Waals surface area (Å²) in [5.74, 6) is 1.15. The number of nitriles is 1. The zero-order valence-electron chi connectivity index (χ0n) is 7.05. The molecular formula is C8H10N2O2. The smallest absolute Gasteiger partial charge is 0.358 e. The summed E-state index contributed by atoms with van der Waals surface area (Å²) in [6.07, 6.45) is 0. The molecule has 0 saturated carbocycles. The topological polar surface area (TPSA) is 73.9 Å². The fraction of sp³-hybridized carbons (Fsp3) is 0.500. The Morgan fingerprint density at radius 1 is 1.67 bits per heavy atom. The van der Waals surface area contributed by atoms with Gasteiger partial charge in [-0.2, -0.15) is 5.26 Å². The monoisotopic (exact) mass is 166 g/mol. The maximum atomic E-state index is 10.8. The zero-order chi connectivity index (χ0) is 9.56. The van der Waals surface area contributed by atoms with Gasteiger partial charge < -0.3 is 4.74 Å². The van der Waals surface area contributed by atoms with Crippen LogP contribution >= 0.6 is 0 Å². The standard InChI is InChI=1S/C8H10N2O2/c1-6(2)5-12-8(11)7(3-9)4-10/h6,9H,5H2,1-2H3. The van der Waals surface area contributed by atoms with Crippen molar-refractivity contribution in [2.24, 2.45) is 5.92 Å². The maximum absolute atomic E-state index is 10.8. The number of carbonyl (C=O) groups excluding carboxylic acids is 1. The van der Waals surface area contributed by atoms with Crippen molar-refractivity contribution in [1.29, 1.82) is 10.7 Å². The number of esters is 1. The molecule has 0 aliphatic rings. The van der Waals surface area contributed by atoms with E-state index in [4.69, 9.17) is 10.7 Å². The number of hydrogen-bond donors (Lipinski definition) is 1. The minimum Gasteiger partial charge on any atom is -0.461 e. The highest BCUT2D eigenvalue weighted by molar-refractivity contribution is 6.01. The fourth-order valence-corrected chi connectivity index (χ4v) is 0.439. The molecule has 0 aliphatic carbocycles. The van der Waals surface area contributed by atoms with Crippen LogP contribution in [0.4, 0.5) is 0 Å². The van der Waals surface area contributed by atoms with Gasteiger partial charge in [0.1, 0.15) is 6.07 Å². The van der Waals surface area contributed by atoms with Crippen molar-refractivity contribution in [2.45, 2.75) is 13.8 Å². The van der Waals surface area contributed by atoms with Crippen LogP contribution in [0.3, 0.4) is 0 Å². The van der Waals surface area contributed by atoms with Gasteiger partial charge in [0.15, 0.2) is 5.57 Å². The molecule has 0 rings (SSSR count). The van der Waals surface area contributed by atoms with Crippen LogP contribution in [0.15, 0.2) is 5.57 Å². The van der Waals surface area contributed by atoms with Gasteiger partial charge in [0.05, 0.1) is 6.61 Å². The van der Waals surface area contributed by atoms with Crippen LogP contribution in [0.5, 0.6) is 0 Å².